The van der Waals surface area contributed by atoms with E-state index in [1.807, 2.05) is 0 Å². The normalized spacial score (nSPS) is 14.1. The monoisotopic (exact) mass is 143 g/mol. The van der Waals surface area contributed by atoms with Gasteiger partial charge in [-0.05, 0) is 18.3 Å². The second-order valence-corrected chi connectivity index (χ2v) is 3.33. The van der Waals surface area contributed by atoms with Gasteiger partial charge >= 0.3 is 0 Å². The number of ether oxygens (including phenoxy) is 1. The molecule has 0 aliphatic carbocycles. The molecule has 1 atom stereocenters. The molecule has 0 amide bonds. The van der Waals surface area contributed by atoms with E-state index in [9.17, 15) is 0 Å². The van der Waals surface area contributed by atoms with Gasteiger partial charge < -0.3 is 4.74 Å². The highest BCUT2D eigenvalue weighted by Crippen LogP contribution is 2.01. The van der Waals surface area contributed by atoms with Crippen molar-refractivity contribution in [3.63, 3.8) is 0 Å². The van der Waals surface area contributed by atoms with Crippen molar-refractivity contribution in [1.82, 2.24) is 0 Å². The zero-order valence-electron chi connectivity index (χ0n) is 7.39. The maximum Gasteiger partial charge on any atom is 0.0491 e. The smallest absolute Gasteiger partial charge is 0.0491 e. The van der Waals surface area contributed by atoms with Crippen molar-refractivity contribution in [3.8, 4) is 0 Å². The molecule has 0 spiro atoms. The van der Waals surface area contributed by atoms with Crippen molar-refractivity contribution < 1.29 is 4.74 Å². The minimum atomic E-state index is 0.610. The Labute approximate surface area is 64.8 Å². The fourth-order valence-electron chi connectivity index (χ4n) is 0.588. The van der Waals surface area contributed by atoms with Gasteiger partial charge in [-0.2, -0.15) is 0 Å². The summed E-state index contributed by atoms with van der Waals surface area (Å²) in [5, 5.41) is 0. The molecule has 0 N–H and O–H groups in total. The molecular weight excluding hydrogens is 124 g/mol. The van der Waals surface area contributed by atoms with Crippen molar-refractivity contribution in [3.05, 3.63) is 6.92 Å². The van der Waals surface area contributed by atoms with E-state index in [0.717, 1.165) is 19.6 Å². The molecule has 0 saturated carbocycles. The van der Waals surface area contributed by atoms with Gasteiger partial charge in [-0.1, -0.05) is 27.7 Å². The Bertz CT molecular complexity index is 69.1. The van der Waals surface area contributed by atoms with Gasteiger partial charge in [0, 0.05) is 13.2 Å². The van der Waals surface area contributed by atoms with E-state index in [-0.39, 0.29) is 0 Å². The lowest BCUT2D eigenvalue weighted by Gasteiger charge is -2.10. The summed E-state index contributed by atoms with van der Waals surface area (Å²) < 4.78 is 5.41. The quantitative estimate of drug-likeness (QED) is 0.574. The molecular formula is C9H19O. The van der Waals surface area contributed by atoms with E-state index in [2.05, 4.69) is 27.7 Å². The van der Waals surface area contributed by atoms with Crippen molar-refractivity contribution in [1.29, 1.82) is 0 Å². The van der Waals surface area contributed by atoms with Crippen LogP contribution in [0.1, 0.15) is 27.2 Å². The third-order valence-electron chi connectivity index (χ3n) is 1.35. The molecule has 0 bridgehead atoms. The third-order valence-corrected chi connectivity index (χ3v) is 1.35. The van der Waals surface area contributed by atoms with Crippen LogP contribution in [-0.2, 0) is 4.74 Å². The highest BCUT2D eigenvalue weighted by Gasteiger charge is 1.98. The van der Waals surface area contributed by atoms with Gasteiger partial charge in [0.1, 0.15) is 0 Å². The second-order valence-electron chi connectivity index (χ2n) is 3.33. The van der Waals surface area contributed by atoms with Crippen LogP contribution in [0, 0.1) is 18.8 Å². The lowest BCUT2D eigenvalue weighted by molar-refractivity contribution is 0.0847. The molecule has 0 rings (SSSR count). The Morgan fingerprint density at radius 1 is 1.20 bits per heavy atom. The summed E-state index contributed by atoms with van der Waals surface area (Å²) in [5.74, 6) is 1.26. The van der Waals surface area contributed by atoms with Gasteiger partial charge in [-0.3, -0.25) is 0 Å². The van der Waals surface area contributed by atoms with E-state index in [1.165, 1.54) is 0 Å². The summed E-state index contributed by atoms with van der Waals surface area (Å²) in [6.45, 7) is 12.0. The highest BCUT2D eigenvalue weighted by molar-refractivity contribution is 4.52. The lowest BCUT2D eigenvalue weighted by Crippen LogP contribution is -2.08. The van der Waals surface area contributed by atoms with E-state index < -0.39 is 0 Å². The molecule has 0 aromatic rings. The summed E-state index contributed by atoms with van der Waals surface area (Å²) in [5.41, 5.74) is 0. The minimum absolute atomic E-state index is 0.610. The number of rotatable bonds is 5. The zero-order valence-corrected chi connectivity index (χ0v) is 7.39. The van der Waals surface area contributed by atoms with Crippen molar-refractivity contribution in [2.24, 2.45) is 11.8 Å². The molecule has 1 radical (unpaired) electrons. The molecule has 0 saturated heterocycles. The summed E-state index contributed by atoms with van der Waals surface area (Å²) in [6.07, 6.45) is 0.970. The van der Waals surface area contributed by atoms with Gasteiger partial charge in [-0.15, -0.1) is 0 Å². The predicted octanol–water partition coefficient (Wildman–Crippen LogP) is 2.52. The SMILES string of the molecule is [CH2]CC(C)COCC(C)C. The van der Waals surface area contributed by atoms with E-state index >= 15 is 0 Å². The molecule has 0 aliphatic heterocycles. The number of hydrogen-bond acceptors (Lipinski definition) is 1. The van der Waals surface area contributed by atoms with Crippen molar-refractivity contribution in [2.75, 3.05) is 13.2 Å². The first-order valence-corrected chi connectivity index (χ1v) is 4.03. The molecule has 0 aliphatic rings. The zero-order chi connectivity index (χ0) is 7.98. The topological polar surface area (TPSA) is 9.23 Å². The Hall–Kier alpha value is -0.0400. The predicted molar refractivity (Wildman–Crippen MR) is 44.8 cm³/mol. The average Bonchev–Trinajstić information content (AvgIpc) is 1.87. The van der Waals surface area contributed by atoms with Crippen molar-refractivity contribution >= 4 is 0 Å². The molecule has 1 heteroatoms. The van der Waals surface area contributed by atoms with Crippen LogP contribution in [0.5, 0.6) is 0 Å². The summed E-state index contributed by atoms with van der Waals surface area (Å²) >= 11 is 0. The summed E-state index contributed by atoms with van der Waals surface area (Å²) in [6, 6.07) is 0. The van der Waals surface area contributed by atoms with Gasteiger partial charge in [-0.25, -0.2) is 0 Å². The Kier molecular flexibility index (Phi) is 5.70. The molecule has 0 aromatic heterocycles. The van der Waals surface area contributed by atoms with Gasteiger partial charge in [0.2, 0.25) is 0 Å². The summed E-state index contributed by atoms with van der Waals surface area (Å²) in [4.78, 5) is 0. The van der Waals surface area contributed by atoms with Gasteiger partial charge in [0.15, 0.2) is 0 Å². The average molecular weight is 143 g/mol. The third kappa shape index (κ3) is 6.09. The Morgan fingerprint density at radius 2 is 1.80 bits per heavy atom. The van der Waals surface area contributed by atoms with Crippen LogP contribution < -0.4 is 0 Å². The summed E-state index contributed by atoms with van der Waals surface area (Å²) in [7, 11) is 0. The second kappa shape index (κ2) is 5.72. The van der Waals surface area contributed by atoms with Crippen LogP contribution in [-0.4, -0.2) is 13.2 Å². The Morgan fingerprint density at radius 3 is 2.20 bits per heavy atom. The maximum absolute atomic E-state index is 5.41. The highest BCUT2D eigenvalue weighted by atomic mass is 16.5. The van der Waals surface area contributed by atoms with Crippen LogP contribution in [0.4, 0.5) is 0 Å². The van der Waals surface area contributed by atoms with Crippen LogP contribution >= 0.6 is 0 Å². The van der Waals surface area contributed by atoms with Crippen LogP contribution in [0.25, 0.3) is 0 Å². The fourth-order valence-corrected chi connectivity index (χ4v) is 0.588. The first-order chi connectivity index (χ1) is 4.66. The van der Waals surface area contributed by atoms with Crippen LogP contribution in [0.15, 0.2) is 0 Å². The van der Waals surface area contributed by atoms with Crippen molar-refractivity contribution in [2.45, 2.75) is 27.2 Å². The minimum Gasteiger partial charge on any atom is -0.381 e. The fraction of sp³-hybridized carbons (Fsp3) is 0.889. The molecule has 10 heavy (non-hydrogen) atoms. The first kappa shape index (κ1) is 9.96. The molecule has 1 nitrogen and oxygen atoms in total. The lowest BCUT2D eigenvalue weighted by atomic mass is 10.1. The molecule has 0 aromatic carbocycles. The Balaban J connectivity index is 3.03. The molecule has 0 heterocycles. The largest absolute Gasteiger partial charge is 0.381 e. The first-order valence-electron chi connectivity index (χ1n) is 4.03. The molecule has 0 fully saturated rings. The van der Waals surface area contributed by atoms with Gasteiger partial charge in [0.05, 0.1) is 0 Å². The van der Waals surface area contributed by atoms with Crippen LogP contribution in [0.2, 0.25) is 0 Å². The van der Waals surface area contributed by atoms with Gasteiger partial charge in [0.25, 0.3) is 0 Å². The molecule has 1 unspecified atom stereocenters. The molecule has 61 valence electrons. The van der Waals surface area contributed by atoms with E-state index in [0.29, 0.717) is 11.8 Å². The van der Waals surface area contributed by atoms with Crippen LogP contribution in [0.3, 0.4) is 0 Å². The van der Waals surface area contributed by atoms with E-state index in [4.69, 9.17) is 4.74 Å². The van der Waals surface area contributed by atoms with E-state index in [1.54, 1.807) is 0 Å². The maximum atomic E-state index is 5.41. The standard InChI is InChI=1S/C9H19O/c1-5-9(4)7-10-6-8(2)3/h8-9H,1,5-7H2,2-4H3. The number of hydrogen-bond donors (Lipinski definition) is 0.